The fourth-order valence-electron chi connectivity index (χ4n) is 1.93. The van der Waals surface area contributed by atoms with Crippen molar-refractivity contribution in [1.82, 2.24) is 0 Å². The Morgan fingerprint density at radius 3 is 2.27 bits per heavy atom. The van der Waals surface area contributed by atoms with E-state index < -0.39 is 13.6 Å². The zero-order chi connectivity index (χ0) is 16.3. The first-order valence-corrected chi connectivity index (χ1v) is 8.24. The molecule has 2 aromatic rings. The van der Waals surface area contributed by atoms with Crippen LogP contribution < -0.4 is 20.3 Å². The van der Waals surface area contributed by atoms with Gasteiger partial charge in [0.25, 0.3) is 5.30 Å². The van der Waals surface area contributed by atoms with E-state index in [1.54, 1.807) is 18.2 Å². The van der Waals surface area contributed by atoms with E-state index in [1.165, 1.54) is 0 Å². The summed E-state index contributed by atoms with van der Waals surface area (Å²) in [6.07, 6.45) is 0. The number of ether oxygens (including phenoxy) is 1. The van der Waals surface area contributed by atoms with Crippen molar-refractivity contribution in [2.24, 2.45) is 0 Å². The zero-order valence-corrected chi connectivity index (χ0v) is 14.2. The molecule has 1 atom stereocenters. The van der Waals surface area contributed by atoms with Crippen LogP contribution in [-0.4, -0.2) is 5.60 Å². The highest BCUT2D eigenvalue weighted by atomic mass is 31.1. The summed E-state index contributed by atoms with van der Waals surface area (Å²) >= 11 is 0. The minimum atomic E-state index is -2.16. The van der Waals surface area contributed by atoms with Gasteiger partial charge < -0.3 is 10.5 Å². The Morgan fingerprint density at radius 1 is 1.05 bits per heavy atom. The minimum Gasteiger partial charge on any atom is -0.483 e. The number of rotatable bonds is 4. The summed E-state index contributed by atoms with van der Waals surface area (Å²) < 4.78 is 24.2. The van der Waals surface area contributed by atoms with Crippen molar-refractivity contribution < 1.29 is 13.8 Å². The highest BCUT2D eigenvalue weighted by Gasteiger charge is 2.35. The van der Waals surface area contributed by atoms with Gasteiger partial charge in [-0.25, -0.2) is 0 Å². The van der Waals surface area contributed by atoms with E-state index in [-0.39, 0.29) is 0 Å². The van der Waals surface area contributed by atoms with Gasteiger partial charge in [0.05, 0.1) is 5.69 Å². The molecule has 0 fully saturated rings. The van der Waals surface area contributed by atoms with Crippen molar-refractivity contribution in [2.45, 2.75) is 33.3 Å². The van der Waals surface area contributed by atoms with Crippen LogP contribution in [0, 0.1) is 6.92 Å². The number of anilines is 1. The average Bonchev–Trinajstić information content (AvgIpc) is 2.42. The molecule has 2 N–H and O–H groups in total. The third-order valence-electron chi connectivity index (χ3n) is 2.88. The lowest BCUT2D eigenvalue weighted by Gasteiger charge is -2.22. The molecule has 0 spiro atoms. The van der Waals surface area contributed by atoms with Crippen LogP contribution in [0.2, 0.25) is 0 Å². The smallest absolute Gasteiger partial charge is 0.483 e. The number of benzene rings is 2. The van der Waals surface area contributed by atoms with Crippen LogP contribution in [0.4, 0.5) is 5.69 Å². The van der Waals surface area contributed by atoms with Crippen molar-refractivity contribution in [3.63, 3.8) is 0 Å². The molecule has 116 valence electrons. The Kier molecular flexibility index (Phi) is 4.72. The number of aryl methyl sites for hydroxylation is 1. The summed E-state index contributed by atoms with van der Waals surface area (Å²) in [6.45, 7) is 7.70. The van der Waals surface area contributed by atoms with Gasteiger partial charge in [0.1, 0.15) is 5.60 Å². The van der Waals surface area contributed by atoms with Gasteiger partial charge in [-0.3, -0.25) is 4.52 Å². The van der Waals surface area contributed by atoms with Gasteiger partial charge in [0.2, 0.25) is 0 Å². The molecular formula is C17H21NO3P+. The predicted octanol–water partition coefficient (Wildman–Crippen LogP) is 4.20. The summed E-state index contributed by atoms with van der Waals surface area (Å²) in [5, 5.41) is 0.411. The van der Waals surface area contributed by atoms with Gasteiger partial charge in [-0.2, -0.15) is 0 Å². The normalized spacial score (nSPS) is 11.9. The number of nitrogen functional groups attached to an aromatic ring is 1. The summed E-state index contributed by atoms with van der Waals surface area (Å²) in [7, 11) is -2.16. The predicted molar refractivity (Wildman–Crippen MR) is 90.3 cm³/mol. The Balaban J connectivity index is 2.40. The van der Waals surface area contributed by atoms with Crippen molar-refractivity contribution in [1.29, 1.82) is 0 Å². The van der Waals surface area contributed by atoms with Gasteiger partial charge in [0, 0.05) is 0 Å². The molecule has 0 saturated heterocycles. The lowest BCUT2D eigenvalue weighted by molar-refractivity contribution is 0.131. The molecule has 2 aromatic carbocycles. The van der Waals surface area contributed by atoms with E-state index in [0.717, 1.165) is 5.56 Å². The van der Waals surface area contributed by atoms with Crippen molar-refractivity contribution >= 4 is 19.0 Å². The van der Waals surface area contributed by atoms with E-state index in [1.807, 2.05) is 52.0 Å². The largest absolute Gasteiger partial charge is 0.603 e. The Morgan fingerprint density at radius 2 is 1.68 bits per heavy atom. The monoisotopic (exact) mass is 318 g/mol. The second-order valence-electron chi connectivity index (χ2n) is 6.03. The molecule has 22 heavy (non-hydrogen) atoms. The topological polar surface area (TPSA) is 61.6 Å². The van der Waals surface area contributed by atoms with Crippen LogP contribution in [0.5, 0.6) is 11.5 Å². The number of para-hydroxylation sites is 1. The molecule has 0 amide bonds. The van der Waals surface area contributed by atoms with Crippen LogP contribution in [0.1, 0.15) is 26.3 Å². The van der Waals surface area contributed by atoms with Gasteiger partial charge in [-0.05, 0) is 56.0 Å². The Labute approximate surface area is 132 Å². The standard InChI is InChI=1S/C17H21NO3P/c1-12-10-11-14(18)16(15(12)20-17(2,3)4)22(19)21-13-8-6-5-7-9-13/h5-11H,18H2,1-4H3/q+1. The molecule has 4 nitrogen and oxygen atoms in total. The lowest BCUT2D eigenvalue weighted by atomic mass is 10.1. The highest BCUT2D eigenvalue weighted by molar-refractivity contribution is 7.49. The third-order valence-corrected chi connectivity index (χ3v) is 4.08. The molecule has 0 saturated carbocycles. The molecule has 0 aliphatic rings. The number of nitrogens with two attached hydrogens (primary N) is 1. The summed E-state index contributed by atoms with van der Waals surface area (Å²) in [5.74, 6) is 1.07. The first kappa shape index (κ1) is 16.3. The van der Waals surface area contributed by atoms with Gasteiger partial charge >= 0.3 is 8.03 Å². The molecule has 0 aliphatic carbocycles. The van der Waals surface area contributed by atoms with E-state index in [9.17, 15) is 4.57 Å². The number of hydrogen-bond donors (Lipinski definition) is 1. The second-order valence-corrected chi connectivity index (χ2v) is 7.17. The minimum absolute atomic E-state index is 0.405. The summed E-state index contributed by atoms with van der Waals surface area (Å²) in [6, 6.07) is 12.6. The molecule has 1 unspecified atom stereocenters. The Hall–Kier alpha value is -2.06. The third kappa shape index (κ3) is 3.99. The van der Waals surface area contributed by atoms with Gasteiger partial charge in [-0.15, -0.1) is 0 Å². The second kappa shape index (κ2) is 6.37. The van der Waals surface area contributed by atoms with E-state index in [0.29, 0.717) is 22.5 Å². The summed E-state index contributed by atoms with van der Waals surface area (Å²) in [4.78, 5) is 0. The molecule has 0 heterocycles. The summed E-state index contributed by atoms with van der Waals surface area (Å²) in [5.41, 5.74) is 6.88. The fraction of sp³-hybridized carbons (Fsp3) is 0.294. The van der Waals surface area contributed by atoms with Crippen LogP contribution >= 0.6 is 8.03 Å². The molecule has 0 aromatic heterocycles. The quantitative estimate of drug-likeness (QED) is 0.678. The molecular weight excluding hydrogens is 297 g/mol. The highest BCUT2D eigenvalue weighted by Crippen LogP contribution is 2.35. The van der Waals surface area contributed by atoms with E-state index in [2.05, 4.69) is 0 Å². The fourth-order valence-corrected chi connectivity index (χ4v) is 3.01. The van der Waals surface area contributed by atoms with Crippen LogP contribution in [0.15, 0.2) is 42.5 Å². The SMILES string of the molecule is Cc1ccc(N)c([P+](=O)Oc2ccccc2)c1OC(C)(C)C. The molecule has 5 heteroatoms. The van der Waals surface area contributed by atoms with Crippen LogP contribution in [0.25, 0.3) is 0 Å². The molecule has 0 radical (unpaired) electrons. The van der Waals surface area contributed by atoms with E-state index >= 15 is 0 Å². The van der Waals surface area contributed by atoms with Crippen molar-refractivity contribution in [2.75, 3.05) is 5.73 Å². The first-order chi connectivity index (χ1) is 10.3. The van der Waals surface area contributed by atoms with Crippen molar-refractivity contribution in [3.05, 3.63) is 48.0 Å². The maximum Gasteiger partial charge on any atom is 0.603 e. The maximum atomic E-state index is 12.7. The maximum absolute atomic E-state index is 12.7. The van der Waals surface area contributed by atoms with Crippen LogP contribution in [0.3, 0.4) is 0 Å². The molecule has 2 rings (SSSR count). The average molecular weight is 318 g/mol. The van der Waals surface area contributed by atoms with Crippen LogP contribution in [-0.2, 0) is 4.57 Å². The lowest BCUT2D eigenvalue weighted by Crippen LogP contribution is -2.27. The molecule has 0 aliphatic heterocycles. The first-order valence-electron chi connectivity index (χ1n) is 7.06. The Bertz CT molecular complexity index is 678. The van der Waals surface area contributed by atoms with Crippen molar-refractivity contribution in [3.8, 4) is 11.5 Å². The molecule has 0 bridgehead atoms. The van der Waals surface area contributed by atoms with E-state index in [4.69, 9.17) is 15.0 Å². The number of hydrogen-bond acceptors (Lipinski definition) is 4. The van der Waals surface area contributed by atoms with Gasteiger partial charge in [0.15, 0.2) is 11.5 Å². The zero-order valence-electron chi connectivity index (χ0n) is 13.3. The van der Waals surface area contributed by atoms with Gasteiger partial charge in [-0.1, -0.05) is 24.3 Å².